The Morgan fingerprint density at radius 3 is 2.62 bits per heavy atom. The third kappa shape index (κ3) is 4.67. The number of hydrogen-bond donors (Lipinski definition) is 3. The second-order valence-electron chi connectivity index (χ2n) is 9.41. The van der Waals surface area contributed by atoms with Crippen LogP contribution in [-0.2, 0) is 22.7 Å². The Hall–Kier alpha value is -4.53. The molecule has 5 rings (SSSR count). The number of nitrogens with one attached hydrogen (secondary N) is 1. The second-order valence-corrected chi connectivity index (χ2v) is 9.41. The van der Waals surface area contributed by atoms with Crippen LogP contribution in [0.5, 0.6) is 0 Å². The Labute approximate surface area is 212 Å². The first kappa shape index (κ1) is 24.2. The molecule has 9 nitrogen and oxygen atoms in total. The van der Waals surface area contributed by atoms with E-state index in [1.54, 1.807) is 12.1 Å². The molecule has 2 aliphatic rings. The highest BCUT2D eigenvalue weighted by Gasteiger charge is 2.36. The molecule has 3 N–H and O–H groups in total. The summed E-state index contributed by atoms with van der Waals surface area (Å²) in [6, 6.07) is 13.8. The number of carbonyl (C=O) groups excluding carboxylic acids is 2. The summed E-state index contributed by atoms with van der Waals surface area (Å²) in [5.74, 6) is -2.68. The number of carboxylic acids is 2. The Morgan fingerprint density at radius 1 is 1.08 bits per heavy atom. The predicted molar refractivity (Wildman–Crippen MR) is 138 cm³/mol. The zero-order valence-corrected chi connectivity index (χ0v) is 20.2. The largest absolute Gasteiger partial charge is 0.481 e. The van der Waals surface area contributed by atoms with Crippen LogP contribution in [-0.4, -0.2) is 50.5 Å². The van der Waals surface area contributed by atoms with Crippen molar-refractivity contribution in [2.75, 3.05) is 5.32 Å². The van der Waals surface area contributed by atoms with Gasteiger partial charge in [-0.15, -0.1) is 0 Å². The first-order valence-corrected chi connectivity index (χ1v) is 12.0. The molecule has 0 fully saturated rings. The van der Waals surface area contributed by atoms with E-state index in [0.29, 0.717) is 35.3 Å². The van der Waals surface area contributed by atoms with Crippen LogP contribution in [0.2, 0.25) is 0 Å². The third-order valence-electron chi connectivity index (χ3n) is 6.80. The van der Waals surface area contributed by atoms with Crippen molar-refractivity contribution < 1.29 is 29.4 Å². The van der Waals surface area contributed by atoms with Crippen molar-refractivity contribution >= 4 is 51.5 Å². The lowest BCUT2D eigenvalue weighted by molar-refractivity contribution is -0.143. The summed E-state index contributed by atoms with van der Waals surface area (Å²) in [6.07, 6.45) is -0.177. The van der Waals surface area contributed by atoms with Crippen LogP contribution >= 0.6 is 0 Å². The van der Waals surface area contributed by atoms with E-state index in [-0.39, 0.29) is 25.2 Å². The van der Waals surface area contributed by atoms with E-state index in [1.165, 1.54) is 4.90 Å². The molecule has 1 amide bonds. The molecule has 2 aliphatic heterocycles. The third-order valence-corrected chi connectivity index (χ3v) is 6.80. The number of Topliss-reactive ketones (excluding diaryl/α,β-unsaturated/α-hetero) is 1. The van der Waals surface area contributed by atoms with E-state index < -0.39 is 23.9 Å². The molecule has 37 heavy (non-hydrogen) atoms. The summed E-state index contributed by atoms with van der Waals surface area (Å²) in [5, 5.41) is 23.7. The van der Waals surface area contributed by atoms with Gasteiger partial charge in [0.25, 0.3) is 5.91 Å². The molecular weight excluding hydrogens is 474 g/mol. The zero-order valence-electron chi connectivity index (χ0n) is 20.2. The maximum Gasteiger partial charge on any atom is 0.326 e. The van der Waals surface area contributed by atoms with E-state index in [2.05, 4.69) is 10.3 Å². The Kier molecular flexibility index (Phi) is 6.20. The normalized spacial score (nSPS) is 15.3. The number of amides is 1. The van der Waals surface area contributed by atoms with Crippen LogP contribution in [0.25, 0.3) is 10.8 Å². The van der Waals surface area contributed by atoms with Gasteiger partial charge >= 0.3 is 11.9 Å². The van der Waals surface area contributed by atoms with E-state index in [9.17, 15) is 24.3 Å². The quantitative estimate of drug-likeness (QED) is 0.418. The number of hydrogen-bond acceptors (Lipinski definition) is 6. The predicted octanol–water partition coefficient (Wildman–Crippen LogP) is 4.40. The molecule has 3 aromatic rings. The molecule has 0 bridgehead atoms. The van der Waals surface area contributed by atoms with Crippen LogP contribution in [0.4, 0.5) is 11.4 Å². The van der Waals surface area contributed by atoms with Gasteiger partial charge in [-0.25, -0.2) is 4.79 Å². The number of aliphatic carboxylic acids is 2. The van der Waals surface area contributed by atoms with Crippen molar-refractivity contribution in [2.45, 2.75) is 45.3 Å². The van der Waals surface area contributed by atoms with Gasteiger partial charge in [0.1, 0.15) is 6.04 Å². The van der Waals surface area contributed by atoms with Gasteiger partial charge in [-0.2, -0.15) is 0 Å². The topological polar surface area (TPSA) is 136 Å². The number of nitrogens with zero attached hydrogens (tertiary/aromatic N) is 2. The van der Waals surface area contributed by atoms with Crippen LogP contribution < -0.4 is 5.32 Å². The molecule has 188 valence electrons. The smallest absolute Gasteiger partial charge is 0.326 e. The number of fused-ring (bicyclic) bond motifs is 4. The minimum absolute atomic E-state index is 0.0640. The second kappa shape index (κ2) is 9.50. The molecule has 0 radical (unpaired) electrons. The van der Waals surface area contributed by atoms with Gasteiger partial charge in [-0.1, -0.05) is 18.2 Å². The fourth-order valence-corrected chi connectivity index (χ4v) is 5.00. The molecule has 2 heterocycles. The highest BCUT2D eigenvalue weighted by molar-refractivity contribution is 6.21. The van der Waals surface area contributed by atoms with Crippen LogP contribution in [0.3, 0.4) is 0 Å². The Bertz CT molecular complexity index is 1510. The fourth-order valence-electron chi connectivity index (χ4n) is 5.00. The maximum atomic E-state index is 12.8. The lowest BCUT2D eigenvalue weighted by atomic mass is 9.93. The van der Waals surface area contributed by atoms with Gasteiger partial charge in [0.15, 0.2) is 5.78 Å². The number of ketones is 1. The van der Waals surface area contributed by atoms with Gasteiger partial charge < -0.3 is 20.4 Å². The number of aliphatic imine (C=N–C) groups is 1. The fraction of sp³-hybridized carbons (Fsp3) is 0.250. The van der Waals surface area contributed by atoms with Gasteiger partial charge in [-0.3, -0.25) is 19.4 Å². The minimum atomic E-state index is -1.22. The SMILES string of the molecule is CC1=Nc2ccc3ccc(CNc4ccc5c(c4)CN([C@@H](CCC(=O)O)C(=O)O)C5=O)cc3c2C(=O)C1. The van der Waals surface area contributed by atoms with Gasteiger partial charge in [0.2, 0.25) is 0 Å². The van der Waals surface area contributed by atoms with E-state index in [4.69, 9.17) is 5.11 Å². The molecule has 3 aromatic carbocycles. The number of carbonyl (C=O) groups is 4. The van der Waals surface area contributed by atoms with Crippen molar-refractivity contribution in [1.82, 2.24) is 4.90 Å². The number of carboxylic acid groups (broad SMARTS) is 2. The minimum Gasteiger partial charge on any atom is -0.481 e. The van der Waals surface area contributed by atoms with E-state index >= 15 is 0 Å². The maximum absolute atomic E-state index is 12.8. The van der Waals surface area contributed by atoms with Crippen molar-refractivity contribution in [3.05, 3.63) is 70.8 Å². The average Bonchev–Trinajstić information content (AvgIpc) is 3.17. The van der Waals surface area contributed by atoms with Crippen LogP contribution in [0, 0.1) is 0 Å². The van der Waals surface area contributed by atoms with Crippen molar-refractivity contribution in [3.63, 3.8) is 0 Å². The Morgan fingerprint density at radius 2 is 1.86 bits per heavy atom. The highest BCUT2D eigenvalue weighted by Crippen LogP contribution is 2.34. The van der Waals surface area contributed by atoms with Crippen molar-refractivity contribution in [3.8, 4) is 0 Å². The van der Waals surface area contributed by atoms with Crippen molar-refractivity contribution in [1.29, 1.82) is 0 Å². The lowest BCUT2D eigenvalue weighted by Crippen LogP contribution is -2.41. The number of rotatable bonds is 8. The molecule has 0 aliphatic carbocycles. The van der Waals surface area contributed by atoms with Gasteiger partial charge in [-0.05, 0) is 65.6 Å². The average molecular weight is 500 g/mol. The summed E-state index contributed by atoms with van der Waals surface area (Å²) in [5.41, 5.74) is 4.98. The van der Waals surface area contributed by atoms with Gasteiger partial charge in [0.05, 0.1) is 11.3 Å². The first-order chi connectivity index (χ1) is 17.7. The Balaban J connectivity index is 1.34. The summed E-state index contributed by atoms with van der Waals surface area (Å²) in [7, 11) is 0. The lowest BCUT2D eigenvalue weighted by Gasteiger charge is -2.23. The molecule has 0 aromatic heterocycles. The molecule has 0 saturated heterocycles. The molecule has 0 spiro atoms. The highest BCUT2D eigenvalue weighted by atomic mass is 16.4. The van der Waals surface area contributed by atoms with E-state index in [1.807, 2.05) is 43.3 Å². The summed E-state index contributed by atoms with van der Waals surface area (Å²) < 4.78 is 0. The zero-order chi connectivity index (χ0) is 26.3. The number of anilines is 1. The van der Waals surface area contributed by atoms with Crippen molar-refractivity contribution in [2.24, 2.45) is 4.99 Å². The standard InChI is InChI=1S/C28H25N3O6/c1-15-10-24(32)26-21-11-16(2-3-17(21)4-7-22(26)30-15)13-29-19-5-6-20-18(12-19)14-31(27(20)35)23(28(36)37)8-9-25(33)34/h2-7,11-12,23,29H,8-10,13-14H2,1H3,(H,33,34)(H,36,37)/t23-/m0/s1. The summed E-state index contributed by atoms with van der Waals surface area (Å²) in [4.78, 5) is 53.9. The van der Waals surface area contributed by atoms with Crippen LogP contribution in [0.1, 0.15) is 58.0 Å². The monoisotopic (exact) mass is 499 g/mol. The number of benzene rings is 3. The molecule has 0 unspecified atom stereocenters. The molecule has 9 heteroatoms. The first-order valence-electron chi connectivity index (χ1n) is 12.0. The molecule has 0 saturated carbocycles. The summed E-state index contributed by atoms with van der Waals surface area (Å²) >= 11 is 0. The van der Waals surface area contributed by atoms with Crippen LogP contribution in [0.15, 0.2) is 53.5 Å². The van der Waals surface area contributed by atoms with E-state index in [0.717, 1.165) is 27.7 Å². The molecule has 1 atom stereocenters. The summed E-state index contributed by atoms with van der Waals surface area (Å²) in [6.45, 7) is 2.43. The van der Waals surface area contributed by atoms with Gasteiger partial charge in [0, 0.05) is 42.9 Å². The molecular formula is C28H25N3O6.